The minimum absolute atomic E-state index is 0. The first-order valence-corrected chi connectivity index (χ1v) is 8.02. The molecule has 0 aliphatic carbocycles. The van der Waals surface area contributed by atoms with Crippen LogP contribution in [0.4, 0.5) is 5.69 Å². The number of nitrogens with zero attached hydrogens (tertiary/aromatic N) is 1. The molecule has 0 saturated carbocycles. The number of benzene rings is 1. The number of furan rings is 1. The third-order valence-corrected chi connectivity index (χ3v) is 4.32. The molecule has 2 heterocycles. The summed E-state index contributed by atoms with van der Waals surface area (Å²) in [5.41, 5.74) is 7.26. The second-order valence-electron chi connectivity index (χ2n) is 5.72. The van der Waals surface area contributed by atoms with Gasteiger partial charge in [0.05, 0.1) is 25.9 Å². The van der Waals surface area contributed by atoms with Crippen molar-refractivity contribution in [1.82, 2.24) is 4.90 Å². The molecule has 1 aliphatic heterocycles. The van der Waals surface area contributed by atoms with Crippen LogP contribution < -0.4 is 19.9 Å². The highest BCUT2D eigenvalue weighted by Gasteiger charge is 2.23. The predicted octanol–water partition coefficient (Wildman–Crippen LogP) is 3.74. The molecule has 0 unspecified atom stereocenters. The Kier molecular flexibility index (Phi) is 8.48. The number of nitrogen functional groups attached to an aromatic ring is 1. The maximum absolute atomic E-state index is 6.23. The summed E-state index contributed by atoms with van der Waals surface area (Å²) in [7, 11) is 3.17. The number of hydrogen-bond donors (Lipinski definition) is 1. The second kappa shape index (κ2) is 9.85. The summed E-state index contributed by atoms with van der Waals surface area (Å²) in [6, 6.07) is 1.81. The molecule has 1 fully saturated rings. The maximum Gasteiger partial charge on any atom is 0.207 e. The van der Waals surface area contributed by atoms with Crippen molar-refractivity contribution in [3.8, 4) is 17.2 Å². The Morgan fingerprint density at radius 2 is 1.72 bits per heavy atom. The SMILES string of the molecule is COc1c(N)c(OCCN2CCCCC2)c(OC)c2occc12.Cl.Cl. The topological polar surface area (TPSA) is 70.1 Å². The molecule has 0 spiro atoms. The molecule has 1 aromatic heterocycles. The number of anilines is 1. The fourth-order valence-corrected chi connectivity index (χ4v) is 3.15. The Morgan fingerprint density at radius 1 is 1.04 bits per heavy atom. The van der Waals surface area contributed by atoms with Crippen molar-refractivity contribution < 1.29 is 18.6 Å². The van der Waals surface area contributed by atoms with Crippen molar-refractivity contribution in [3.63, 3.8) is 0 Å². The van der Waals surface area contributed by atoms with Crippen molar-refractivity contribution in [2.75, 3.05) is 46.2 Å². The molecule has 2 aromatic rings. The fraction of sp³-hybridized carbons (Fsp3) is 0.529. The van der Waals surface area contributed by atoms with Crippen LogP contribution in [0.1, 0.15) is 19.3 Å². The molecule has 0 bridgehead atoms. The second-order valence-corrected chi connectivity index (χ2v) is 5.72. The molecular weight excluding hydrogens is 367 g/mol. The predicted molar refractivity (Wildman–Crippen MR) is 104 cm³/mol. The summed E-state index contributed by atoms with van der Waals surface area (Å²) < 4.78 is 22.4. The van der Waals surface area contributed by atoms with Crippen LogP contribution in [0, 0.1) is 0 Å². The Bertz CT molecular complexity index is 672. The summed E-state index contributed by atoms with van der Waals surface area (Å²) in [6.45, 7) is 3.70. The normalized spacial score (nSPS) is 14.5. The summed E-state index contributed by atoms with van der Waals surface area (Å²) in [5, 5.41) is 0.783. The van der Waals surface area contributed by atoms with E-state index in [4.69, 9.17) is 24.4 Å². The van der Waals surface area contributed by atoms with E-state index in [1.165, 1.54) is 19.3 Å². The van der Waals surface area contributed by atoms with Gasteiger partial charge in [0.25, 0.3) is 0 Å². The van der Waals surface area contributed by atoms with Crippen molar-refractivity contribution in [2.24, 2.45) is 0 Å². The standard InChI is InChI=1S/C17H24N2O4.2ClH/c1-20-14-12-6-10-22-15(12)17(21-2)16(13(14)18)23-11-9-19-7-4-3-5-8-19;;/h6,10H,3-5,7-9,11,18H2,1-2H3;2*1H. The van der Waals surface area contributed by atoms with E-state index in [-0.39, 0.29) is 24.8 Å². The van der Waals surface area contributed by atoms with Gasteiger partial charge in [-0.05, 0) is 32.0 Å². The van der Waals surface area contributed by atoms with Gasteiger partial charge in [0.2, 0.25) is 5.75 Å². The van der Waals surface area contributed by atoms with Crippen LogP contribution in [0.15, 0.2) is 16.7 Å². The van der Waals surface area contributed by atoms with Crippen molar-refractivity contribution in [2.45, 2.75) is 19.3 Å². The average Bonchev–Trinajstić information content (AvgIpc) is 3.05. The molecule has 25 heavy (non-hydrogen) atoms. The maximum atomic E-state index is 6.23. The summed E-state index contributed by atoms with van der Waals surface area (Å²) >= 11 is 0. The Hall–Kier alpha value is -1.50. The summed E-state index contributed by atoms with van der Waals surface area (Å²) in [6.07, 6.45) is 5.44. The molecule has 3 rings (SSSR count). The molecule has 8 heteroatoms. The van der Waals surface area contributed by atoms with E-state index >= 15 is 0 Å². The molecule has 1 aromatic carbocycles. The van der Waals surface area contributed by atoms with E-state index in [0.717, 1.165) is 25.0 Å². The molecule has 6 nitrogen and oxygen atoms in total. The Balaban J connectivity index is 0.00000156. The fourth-order valence-electron chi connectivity index (χ4n) is 3.15. The van der Waals surface area contributed by atoms with Gasteiger partial charge in [0.15, 0.2) is 17.1 Å². The minimum Gasteiger partial charge on any atom is -0.494 e. The van der Waals surface area contributed by atoms with E-state index < -0.39 is 0 Å². The van der Waals surface area contributed by atoms with Gasteiger partial charge < -0.3 is 24.4 Å². The Labute approximate surface area is 160 Å². The van der Waals surface area contributed by atoms with Crippen LogP contribution >= 0.6 is 24.8 Å². The number of hydrogen-bond acceptors (Lipinski definition) is 6. The number of rotatable bonds is 6. The lowest BCUT2D eigenvalue weighted by Crippen LogP contribution is -2.33. The van der Waals surface area contributed by atoms with Crippen molar-refractivity contribution in [1.29, 1.82) is 0 Å². The highest BCUT2D eigenvalue weighted by molar-refractivity contribution is 5.98. The molecule has 142 valence electrons. The molecule has 2 N–H and O–H groups in total. The number of piperidine rings is 1. The van der Waals surface area contributed by atoms with E-state index in [1.54, 1.807) is 20.5 Å². The average molecular weight is 393 g/mol. The van der Waals surface area contributed by atoms with Gasteiger partial charge in [-0.3, -0.25) is 4.90 Å². The third-order valence-electron chi connectivity index (χ3n) is 4.32. The van der Waals surface area contributed by atoms with E-state index in [1.807, 2.05) is 6.07 Å². The van der Waals surface area contributed by atoms with Crippen LogP contribution in [-0.4, -0.2) is 45.4 Å². The lowest BCUT2D eigenvalue weighted by Gasteiger charge is -2.26. The molecule has 0 atom stereocenters. The van der Waals surface area contributed by atoms with Gasteiger partial charge in [0.1, 0.15) is 12.3 Å². The zero-order valence-electron chi connectivity index (χ0n) is 14.6. The number of nitrogens with two attached hydrogens (primary N) is 1. The van der Waals surface area contributed by atoms with Crippen molar-refractivity contribution >= 4 is 41.5 Å². The first-order chi connectivity index (χ1) is 11.3. The molecule has 1 aliphatic rings. The smallest absolute Gasteiger partial charge is 0.207 e. The number of methoxy groups -OCH3 is 2. The third kappa shape index (κ3) is 4.37. The van der Waals surface area contributed by atoms with E-state index in [9.17, 15) is 0 Å². The summed E-state index contributed by atoms with van der Waals surface area (Å²) in [4.78, 5) is 2.41. The highest BCUT2D eigenvalue weighted by atomic mass is 35.5. The number of likely N-dealkylation sites (tertiary alicyclic amines) is 1. The number of halogens is 2. The van der Waals surface area contributed by atoms with Gasteiger partial charge in [-0.2, -0.15) is 0 Å². The molecule has 0 amide bonds. The minimum atomic E-state index is 0. The molecule has 0 radical (unpaired) electrons. The van der Waals surface area contributed by atoms with Gasteiger partial charge >= 0.3 is 0 Å². The number of fused-ring (bicyclic) bond motifs is 1. The van der Waals surface area contributed by atoms with Gasteiger partial charge in [0, 0.05) is 6.54 Å². The van der Waals surface area contributed by atoms with Crippen LogP contribution in [-0.2, 0) is 0 Å². The summed E-state index contributed by atoms with van der Waals surface area (Å²) in [5.74, 6) is 1.56. The monoisotopic (exact) mass is 392 g/mol. The van der Waals surface area contributed by atoms with E-state index in [2.05, 4.69) is 4.90 Å². The quantitative estimate of drug-likeness (QED) is 0.754. The van der Waals surface area contributed by atoms with Crippen LogP contribution in [0.5, 0.6) is 17.2 Å². The van der Waals surface area contributed by atoms with E-state index in [0.29, 0.717) is 35.1 Å². The van der Waals surface area contributed by atoms with Gasteiger partial charge in [-0.15, -0.1) is 24.8 Å². The first kappa shape index (κ1) is 21.5. The molecular formula is C17H26Cl2N2O4. The van der Waals surface area contributed by atoms with Gasteiger partial charge in [-0.1, -0.05) is 6.42 Å². The number of ether oxygens (including phenoxy) is 3. The lowest BCUT2D eigenvalue weighted by molar-refractivity contribution is 0.181. The van der Waals surface area contributed by atoms with Crippen molar-refractivity contribution in [3.05, 3.63) is 12.3 Å². The highest BCUT2D eigenvalue weighted by Crippen LogP contribution is 2.48. The van der Waals surface area contributed by atoms with Crippen LogP contribution in [0.3, 0.4) is 0 Å². The molecule has 1 saturated heterocycles. The zero-order valence-corrected chi connectivity index (χ0v) is 16.2. The largest absolute Gasteiger partial charge is 0.494 e. The lowest BCUT2D eigenvalue weighted by atomic mass is 10.1. The first-order valence-electron chi connectivity index (χ1n) is 8.02. The van der Waals surface area contributed by atoms with Crippen LogP contribution in [0.2, 0.25) is 0 Å². The Morgan fingerprint density at radius 3 is 2.36 bits per heavy atom. The van der Waals surface area contributed by atoms with Gasteiger partial charge in [-0.25, -0.2) is 0 Å². The van der Waals surface area contributed by atoms with Crippen LogP contribution in [0.25, 0.3) is 11.0 Å². The zero-order chi connectivity index (χ0) is 16.2.